The molecule has 0 spiro atoms. The van der Waals surface area contributed by atoms with Crippen molar-refractivity contribution in [2.45, 2.75) is 37.1 Å². The molecule has 0 aromatic heterocycles. The number of carbonyl (C=O) groups excluding carboxylic acids is 1. The third kappa shape index (κ3) is 5.15. The van der Waals surface area contributed by atoms with Crippen LogP contribution in [0, 0.1) is 0 Å². The van der Waals surface area contributed by atoms with Crippen LogP contribution in [0.5, 0.6) is 5.75 Å². The van der Waals surface area contributed by atoms with Crippen LogP contribution in [0.3, 0.4) is 0 Å². The van der Waals surface area contributed by atoms with E-state index in [1.165, 1.54) is 23.5 Å². The number of hydrogen-bond acceptors (Lipinski definition) is 6. The summed E-state index contributed by atoms with van der Waals surface area (Å²) >= 11 is 0. The lowest BCUT2D eigenvalue weighted by atomic mass is 9.92. The predicted octanol–water partition coefficient (Wildman–Crippen LogP) is 1.39. The van der Waals surface area contributed by atoms with Crippen molar-refractivity contribution in [3.8, 4) is 5.75 Å². The molecule has 1 aromatic rings. The van der Waals surface area contributed by atoms with Gasteiger partial charge in [-0.05, 0) is 31.0 Å². The molecule has 1 heterocycles. The van der Waals surface area contributed by atoms with Crippen LogP contribution in [0.25, 0.3) is 0 Å². The van der Waals surface area contributed by atoms with E-state index in [0.29, 0.717) is 32.6 Å². The summed E-state index contributed by atoms with van der Waals surface area (Å²) in [4.78, 5) is 12.7. The topological polar surface area (TPSA) is 111 Å². The number of carbonyl (C=O) groups is 1. The minimum atomic E-state index is -3.80. The van der Waals surface area contributed by atoms with E-state index in [1.54, 1.807) is 6.07 Å². The maximum absolute atomic E-state index is 13.0. The zero-order chi connectivity index (χ0) is 20.1. The van der Waals surface area contributed by atoms with Gasteiger partial charge in [0.25, 0.3) is 5.91 Å². The second-order valence-corrected chi connectivity index (χ2v) is 8.43. The van der Waals surface area contributed by atoms with Crippen LogP contribution in [0.2, 0.25) is 0 Å². The van der Waals surface area contributed by atoms with Crippen LogP contribution < -0.4 is 15.8 Å². The summed E-state index contributed by atoms with van der Waals surface area (Å²) in [6.45, 7) is 5.44. The maximum atomic E-state index is 13.0. The number of nitrogens with zero attached hydrogens (tertiary/aromatic N) is 1. The van der Waals surface area contributed by atoms with Crippen LogP contribution in [0.15, 0.2) is 23.1 Å². The molecule has 0 aliphatic carbocycles. The van der Waals surface area contributed by atoms with Gasteiger partial charge in [-0.2, -0.15) is 4.31 Å². The highest BCUT2D eigenvalue weighted by Gasteiger charge is 2.31. The third-order valence-corrected chi connectivity index (χ3v) is 7.06. The molecule has 0 bridgehead atoms. The van der Waals surface area contributed by atoms with Crippen molar-refractivity contribution in [2.24, 2.45) is 5.73 Å². The van der Waals surface area contributed by atoms with E-state index >= 15 is 0 Å². The van der Waals surface area contributed by atoms with E-state index in [0.717, 1.165) is 0 Å². The Kier molecular flexibility index (Phi) is 9.16. The van der Waals surface area contributed by atoms with Gasteiger partial charge >= 0.3 is 0 Å². The van der Waals surface area contributed by atoms with Crippen molar-refractivity contribution in [3.05, 3.63) is 23.8 Å². The van der Waals surface area contributed by atoms with E-state index in [-0.39, 0.29) is 47.6 Å². The Morgan fingerprint density at radius 3 is 2.39 bits per heavy atom. The number of ether oxygens (including phenoxy) is 2. The quantitative estimate of drug-likeness (QED) is 0.638. The summed E-state index contributed by atoms with van der Waals surface area (Å²) in [7, 11) is -2.39. The second-order valence-electron chi connectivity index (χ2n) is 6.53. The maximum Gasteiger partial charge on any atom is 0.251 e. The van der Waals surface area contributed by atoms with Gasteiger partial charge in [0.2, 0.25) is 10.0 Å². The van der Waals surface area contributed by atoms with Crippen LogP contribution in [-0.2, 0) is 14.8 Å². The molecule has 3 N–H and O–H groups in total. The van der Waals surface area contributed by atoms with E-state index < -0.39 is 15.6 Å². The first-order chi connectivity index (χ1) is 12.8. The average molecular weight is 436 g/mol. The Morgan fingerprint density at radius 1 is 1.29 bits per heavy atom. The van der Waals surface area contributed by atoms with E-state index in [9.17, 15) is 13.2 Å². The van der Waals surface area contributed by atoms with Crippen LogP contribution in [0.1, 0.15) is 37.0 Å². The Labute approximate surface area is 173 Å². The molecule has 0 atom stereocenters. The van der Waals surface area contributed by atoms with E-state index in [4.69, 9.17) is 15.2 Å². The Balaban J connectivity index is 0.00000392. The molecule has 10 heteroatoms. The number of rotatable bonds is 8. The fourth-order valence-corrected chi connectivity index (χ4v) is 4.61. The molecule has 1 saturated heterocycles. The number of benzene rings is 1. The highest BCUT2D eigenvalue weighted by Crippen LogP contribution is 2.29. The van der Waals surface area contributed by atoms with Gasteiger partial charge in [-0.25, -0.2) is 8.42 Å². The van der Waals surface area contributed by atoms with Crippen molar-refractivity contribution in [1.29, 1.82) is 0 Å². The van der Waals surface area contributed by atoms with Gasteiger partial charge in [0.1, 0.15) is 10.6 Å². The first kappa shape index (κ1) is 24.6. The lowest BCUT2D eigenvalue weighted by molar-refractivity contribution is 0.0729. The summed E-state index contributed by atoms with van der Waals surface area (Å²) in [5, 5.41) is 2.96. The lowest BCUT2D eigenvalue weighted by Crippen LogP contribution is -2.52. The van der Waals surface area contributed by atoms with Gasteiger partial charge in [0, 0.05) is 25.2 Å². The molecular formula is C18H30ClN3O5S. The Bertz CT molecular complexity index is 754. The zero-order valence-corrected chi connectivity index (χ0v) is 18.2. The van der Waals surface area contributed by atoms with Gasteiger partial charge < -0.3 is 20.5 Å². The number of nitrogens with two attached hydrogens (primary N) is 1. The molecule has 1 aliphatic heterocycles. The molecule has 0 unspecified atom stereocenters. The van der Waals surface area contributed by atoms with Gasteiger partial charge in [-0.1, -0.05) is 13.8 Å². The van der Waals surface area contributed by atoms with Gasteiger partial charge in [0.15, 0.2) is 0 Å². The number of amides is 1. The summed E-state index contributed by atoms with van der Waals surface area (Å²) in [6.07, 6.45) is 1.36. The monoisotopic (exact) mass is 435 g/mol. The molecule has 1 amide bonds. The fourth-order valence-electron chi connectivity index (χ4n) is 3.03. The molecule has 0 saturated carbocycles. The van der Waals surface area contributed by atoms with Crippen LogP contribution >= 0.6 is 12.4 Å². The van der Waals surface area contributed by atoms with Crippen molar-refractivity contribution < 1.29 is 22.7 Å². The second kappa shape index (κ2) is 10.4. The molecular weight excluding hydrogens is 406 g/mol. The summed E-state index contributed by atoms with van der Waals surface area (Å²) < 4.78 is 37.9. The highest BCUT2D eigenvalue weighted by molar-refractivity contribution is 7.89. The molecule has 1 aliphatic rings. The summed E-state index contributed by atoms with van der Waals surface area (Å²) in [6, 6.07) is 4.43. The zero-order valence-electron chi connectivity index (χ0n) is 16.6. The first-order valence-electron chi connectivity index (χ1n) is 9.12. The van der Waals surface area contributed by atoms with E-state index in [1.807, 2.05) is 13.8 Å². The SMILES string of the molecule is CCC(CC)(CN)NC(=O)c1ccc(OC)c(S(=O)(=O)N2CCOCC2)c1.Cl. The Morgan fingerprint density at radius 2 is 1.89 bits per heavy atom. The number of sulfonamides is 1. The largest absolute Gasteiger partial charge is 0.495 e. The smallest absolute Gasteiger partial charge is 0.251 e. The number of nitrogens with one attached hydrogen (secondary N) is 1. The molecule has 28 heavy (non-hydrogen) atoms. The minimum absolute atomic E-state index is 0. The highest BCUT2D eigenvalue weighted by atomic mass is 35.5. The lowest BCUT2D eigenvalue weighted by Gasteiger charge is -2.31. The van der Waals surface area contributed by atoms with Crippen molar-refractivity contribution in [3.63, 3.8) is 0 Å². The minimum Gasteiger partial charge on any atom is -0.495 e. The van der Waals surface area contributed by atoms with Gasteiger partial charge in [0.05, 0.1) is 25.9 Å². The Hall–Kier alpha value is -1.39. The van der Waals surface area contributed by atoms with Crippen molar-refractivity contribution in [1.82, 2.24) is 9.62 Å². The third-order valence-electron chi connectivity index (χ3n) is 5.14. The molecule has 2 rings (SSSR count). The molecule has 1 fully saturated rings. The standard InChI is InChI=1S/C18H29N3O5S.ClH/c1-4-18(5-2,13-19)20-17(22)14-6-7-15(25-3)16(12-14)27(23,24)21-8-10-26-11-9-21;/h6-7,12H,4-5,8-11,13,19H2,1-3H3,(H,20,22);1H. The number of methoxy groups -OCH3 is 1. The summed E-state index contributed by atoms with van der Waals surface area (Å²) in [5.41, 5.74) is 5.59. The summed E-state index contributed by atoms with van der Waals surface area (Å²) in [5.74, 6) is -0.153. The fraction of sp³-hybridized carbons (Fsp3) is 0.611. The van der Waals surface area contributed by atoms with Crippen molar-refractivity contribution >= 4 is 28.3 Å². The number of hydrogen-bond donors (Lipinski definition) is 2. The molecule has 8 nitrogen and oxygen atoms in total. The van der Waals surface area contributed by atoms with Crippen LogP contribution in [-0.4, -0.2) is 64.1 Å². The predicted molar refractivity (Wildman–Crippen MR) is 110 cm³/mol. The van der Waals surface area contributed by atoms with Crippen molar-refractivity contribution in [2.75, 3.05) is 40.0 Å². The van der Waals surface area contributed by atoms with Gasteiger partial charge in [-0.15, -0.1) is 12.4 Å². The van der Waals surface area contributed by atoms with E-state index in [2.05, 4.69) is 5.32 Å². The number of halogens is 1. The molecule has 0 radical (unpaired) electrons. The normalized spacial score (nSPS) is 15.6. The van der Waals surface area contributed by atoms with Gasteiger partial charge in [-0.3, -0.25) is 4.79 Å². The number of morpholine rings is 1. The molecule has 1 aromatic carbocycles. The van der Waals surface area contributed by atoms with Crippen LogP contribution in [0.4, 0.5) is 0 Å². The average Bonchev–Trinajstić information content (AvgIpc) is 2.72. The molecule has 160 valence electrons. The first-order valence-corrected chi connectivity index (χ1v) is 10.6.